The Balaban J connectivity index is 1.36. The summed E-state index contributed by atoms with van der Waals surface area (Å²) in [7, 11) is 1.56. The van der Waals surface area contributed by atoms with Crippen molar-refractivity contribution in [3.05, 3.63) is 54.3 Å². The van der Waals surface area contributed by atoms with Gasteiger partial charge in [0.2, 0.25) is 5.91 Å². The van der Waals surface area contributed by atoms with E-state index in [1.165, 1.54) is 0 Å². The first-order valence-corrected chi connectivity index (χ1v) is 9.71. The van der Waals surface area contributed by atoms with Gasteiger partial charge in [0, 0.05) is 43.2 Å². The van der Waals surface area contributed by atoms with Crippen LogP contribution in [0.15, 0.2) is 49.3 Å². The molecular weight excluding hydrogens is 392 g/mol. The van der Waals surface area contributed by atoms with E-state index in [0.29, 0.717) is 16.5 Å². The second-order valence-electron chi connectivity index (χ2n) is 6.80. The Labute approximate surface area is 173 Å². The van der Waals surface area contributed by atoms with Gasteiger partial charge in [0.1, 0.15) is 30.0 Å². The molecule has 1 fully saturated rings. The highest BCUT2D eigenvalue weighted by molar-refractivity contribution is 6.32. The lowest BCUT2D eigenvalue weighted by molar-refractivity contribution is -0.120. The number of amides is 1. The molecule has 1 amide bonds. The third kappa shape index (κ3) is 4.32. The van der Waals surface area contributed by atoms with Crippen molar-refractivity contribution in [3.63, 3.8) is 0 Å². The van der Waals surface area contributed by atoms with Gasteiger partial charge in [0.15, 0.2) is 0 Å². The number of aromatic nitrogens is 4. The van der Waals surface area contributed by atoms with Crippen LogP contribution in [0, 0.1) is 5.92 Å². The Hall–Kier alpha value is -3.13. The van der Waals surface area contributed by atoms with E-state index in [0.717, 1.165) is 37.6 Å². The molecule has 4 rings (SSSR count). The van der Waals surface area contributed by atoms with Crippen molar-refractivity contribution in [1.29, 1.82) is 0 Å². The predicted octanol–water partition coefficient (Wildman–Crippen LogP) is 3.18. The molecule has 0 saturated carbocycles. The highest BCUT2D eigenvalue weighted by Crippen LogP contribution is 2.28. The number of methoxy groups -OCH3 is 1. The van der Waals surface area contributed by atoms with Crippen molar-refractivity contribution in [2.24, 2.45) is 5.92 Å². The number of ether oxygens (including phenoxy) is 1. The third-order valence-corrected chi connectivity index (χ3v) is 5.31. The van der Waals surface area contributed by atoms with E-state index in [-0.39, 0.29) is 11.8 Å². The minimum Gasteiger partial charge on any atom is -0.495 e. The number of imidazole rings is 1. The quantitative estimate of drug-likeness (QED) is 0.692. The molecule has 3 aromatic rings. The van der Waals surface area contributed by atoms with E-state index in [1.807, 2.05) is 16.8 Å². The van der Waals surface area contributed by atoms with Gasteiger partial charge in [-0.3, -0.25) is 9.36 Å². The average Bonchev–Trinajstić information content (AvgIpc) is 3.29. The Morgan fingerprint density at radius 3 is 2.69 bits per heavy atom. The van der Waals surface area contributed by atoms with Crippen molar-refractivity contribution in [1.82, 2.24) is 19.5 Å². The van der Waals surface area contributed by atoms with Gasteiger partial charge < -0.3 is 15.0 Å². The molecule has 0 unspecified atom stereocenters. The van der Waals surface area contributed by atoms with Gasteiger partial charge in [-0.25, -0.2) is 15.0 Å². The molecule has 1 aliphatic rings. The van der Waals surface area contributed by atoms with E-state index in [1.54, 1.807) is 44.2 Å². The number of benzene rings is 1. The number of nitrogens with zero attached hydrogens (tertiary/aromatic N) is 5. The first-order chi connectivity index (χ1) is 14.1. The van der Waals surface area contributed by atoms with Crippen LogP contribution in [0.2, 0.25) is 5.02 Å². The van der Waals surface area contributed by atoms with Crippen LogP contribution >= 0.6 is 11.6 Å². The Morgan fingerprint density at radius 1 is 1.21 bits per heavy atom. The maximum Gasteiger partial charge on any atom is 0.227 e. The molecule has 1 aliphatic heterocycles. The Bertz CT molecular complexity index is 986. The van der Waals surface area contributed by atoms with Crippen LogP contribution in [0.4, 0.5) is 11.5 Å². The number of hydrogen-bond donors (Lipinski definition) is 1. The molecule has 0 spiro atoms. The largest absolute Gasteiger partial charge is 0.495 e. The summed E-state index contributed by atoms with van der Waals surface area (Å²) < 4.78 is 6.98. The second-order valence-corrected chi connectivity index (χ2v) is 7.21. The number of rotatable bonds is 5. The van der Waals surface area contributed by atoms with E-state index in [9.17, 15) is 4.79 Å². The van der Waals surface area contributed by atoms with Crippen molar-refractivity contribution >= 4 is 29.0 Å². The number of anilines is 2. The van der Waals surface area contributed by atoms with Crippen LogP contribution in [0.25, 0.3) is 5.82 Å². The molecule has 150 valence electrons. The molecule has 8 nitrogen and oxygen atoms in total. The first kappa shape index (κ1) is 19.2. The van der Waals surface area contributed by atoms with Gasteiger partial charge in [-0.1, -0.05) is 11.6 Å². The molecule has 9 heteroatoms. The summed E-state index contributed by atoms with van der Waals surface area (Å²) in [6.45, 7) is 1.50. The normalized spacial score (nSPS) is 14.6. The fourth-order valence-corrected chi connectivity index (χ4v) is 3.66. The van der Waals surface area contributed by atoms with Crippen molar-refractivity contribution in [2.45, 2.75) is 12.8 Å². The van der Waals surface area contributed by atoms with Crippen molar-refractivity contribution in [3.8, 4) is 11.6 Å². The lowest BCUT2D eigenvalue weighted by atomic mass is 9.96. The number of hydrogen-bond acceptors (Lipinski definition) is 6. The van der Waals surface area contributed by atoms with Gasteiger partial charge in [-0.15, -0.1) is 0 Å². The smallest absolute Gasteiger partial charge is 0.227 e. The fraction of sp³-hybridized carbons (Fsp3) is 0.300. The molecule has 0 aliphatic carbocycles. The van der Waals surface area contributed by atoms with Crippen LogP contribution < -0.4 is 15.0 Å². The SMILES string of the molecule is COc1ccc(NC(=O)C2CCN(c3cc(-n4ccnc4)ncn3)CC2)cc1Cl. The lowest BCUT2D eigenvalue weighted by Gasteiger charge is -2.32. The highest BCUT2D eigenvalue weighted by atomic mass is 35.5. The predicted molar refractivity (Wildman–Crippen MR) is 111 cm³/mol. The monoisotopic (exact) mass is 412 g/mol. The minimum atomic E-state index is -0.0536. The molecule has 1 aromatic carbocycles. The van der Waals surface area contributed by atoms with Crippen LogP contribution in [-0.2, 0) is 4.79 Å². The van der Waals surface area contributed by atoms with Crippen molar-refractivity contribution < 1.29 is 9.53 Å². The summed E-state index contributed by atoms with van der Waals surface area (Å²) in [5.74, 6) is 2.15. The number of halogens is 1. The van der Waals surface area contributed by atoms with Gasteiger partial charge in [-0.2, -0.15) is 0 Å². The van der Waals surface area contributed by atoms with Crippen LogP contribution in [0.5, 0.6) is 5.75 Å². The maximum atomic E-state index is 12.6. The summed E-state index contributed by atoms with van der Waals surface area (Å²) >= 11 is 6.13. The van der Waals surface area contributed by atoms with Crippen molar-refractivity contribution in [2.75, 3.05) is 30.4 Å². The van der Waals surface area contributed by atoms with Gasteiger partial charge in [-0.05, 0) is 31.0 Å². The fourth-order valence-electron chi connectivity index (χ4n) is 3.41. The molecule has 2 aromatic heterocycles. The first-order valence-electron chi connectivity index (χ1n) is 9.34. The number of carbonyl (C=O) groups is 1. The summed E-state index contributed by atoms with van der Waals surface area (Å²) in [4.78, 5) is 27.5. The van der Waals surface area contributed by atoms with E-state index < -0.39 is 0 Å². The zero-order valence-electron chi connectivity index (χ0n) is 16.0. The average molecular weight is 413 g/mol. The van der Waals surface area contributed by atoms with E-state index in [4.69, 9.17) is 16.3 Å². The van der Waals surface area contributed by atoms with Gasteiger partial charge in [0.05, 0.1) is 12.1 Å². The number of carbonyl (C=O) groups excluding carboxylic acids is 1. The zero-order chi connectivity index (χ0) is 20.2. The van der Waals surface area contributed by atoms with E-state index >= 15 is 0 Å². The highest BCUT2D eigenvalue weighted by Gasteiger charge is 2.26. The van der Waals surface area contributed by atoms with Crippen LogP contribution in [0.1, 0.15) is 12.8 Å². The number of nitrogens with one attached hydrogen (secondary N) is 1. The molecule has 29 heavy (non-hydrogen) atoms. The van der Waals surface area contributed by atoms with Crippen LogP contribution in [-0.4, -0.2) is 45.6 Å². The summed E-state index contributed by atoms with van der Waals surface area (Å²) in [6, 6.07) is 7.16. The summed E-state index contributed by atoms with van der Waals surface area (Å²) in [6.07, 6.45) is 8.31. The van der Waals surface area contributed by atoms with Crippen LogP contribution in [0.3, 0.4) is 0 Å². The molecule has 1 saturated heterocycles. The zero-order valence-corrected chi connectivity index (χ0v) is 16.7. The summed E-state index contributed by atoms with van der Waals surface area (Å²) in [5.41, 5.74) is 0.670. The van der Waals surface area contributed by atoms with E-state index in [2.05, 4.69) is 25.2 Å². The maximum absolute atomic E-state index is 12.6. The Morgan fingerprint density at radius 2 is 2.00 bits per heavy atom. The molecule has 0 bridgehead atoms. The number of piperidine rings is 1. The molecule has 3 heterocycles. The van der Waals surface area contributed by atoms with Gasteiger partial charge >= 0.3 is 0 Å². The van der Waals surface area contributed by atoms with Gasteiger partial charge in [0.25, 0.3) is 0 Å². The third-order valence-electron chi connectivity index (χ3n) is 5.02. The molecular formula is C20H21ClN6O2. The molecule has 0 atom stereocenters. The molecule has 0 radical (unpaired) electrons. The standard InChI is InChI=1S/C20H21ClN6O2/c1-29-17-3-2-15(10-16(17)21)25-20(28)14-4-7-26(8-5-14)18-11-19(24-12-23-18)27-9-6-22-13-27/h2-3,6,9-14H,4-5,7-8H2,1H3,(H,25,28). The Kier molecular flexibility index (Phi) is 5.62. The lowest BCUT2D eigenvalue weighted by Crippen LogP contribution is -2.38. The topological polar surface area (TPSA) is 85.2 Å². The second kappa shape index (κ2) is 8.48. The summed E-state index contributed by atoms with van der Waals surface area (Å²) in [5, 5.41) is 3.42. The minimum absolute atomic E-state index is 0.00711. The molecule has 1 N–H and O–H groups in total.